The van der Waals surface area contributed by atoms with Gasteiger partial charge in [0.2, 0.25) is 0 Å². The molecule has 100 valence electrons. The second-order valence-electron chi connectivity index (χ2n) is 4.96. The zero-order valence-corrected chi connectivity index (χ0v) is 11.5. The monoisotopic (exact) mass is 248 g/mol. The Bertz CT molecular complexity index is 334. The van der Waals surface area contributed by atoms with Crippen molar-refractivity contribution in [3.63, 3.8) is 0 Å². The van der Waals surface area contributed by atoms with Gasteiger partial charge in [0.15, 0.2) is 0 Å². The van der Waals surface area contributed by atoms with Gasteiger partial charge in [-0.1, -0.05) is 30.3 Å². The maximum atomic E-state index is 5.90. The van der Waals surface area contributed by atoms with E-state index >= 15 is 0 Å². The van der Waals surface area contributed by atoms with Crippen molar-refractivity contribution in [3.05, 3.63) is 35.9 Å². The molecule has 3 nitrogen and oxygen atoms in total. The van der Waals surface area contributed by atoms with Crippen molar-refractivity contribution in [2.75, 3.05) is 46.4 Å². The van der Waals surface area contributed by atoms with E-state index < -0.39 is 0 Å². The molecule has 1 aromatic carbocycles. The average molecular weight is 248 g/mol. The van der Waals surface area contributed by atoms with Crippen LogP contribution in [0.2, 0.25) is 0 Å². The minimum atomic E-state index is 0.208. The maximum Gasteiger partial charge on any atom is 0.0951 e. The predicted octanol–water partition coefficient (Wildman–Crippen LogP) is 2.01. The number of ether oxygens (including phenoxy) is 1. The molecule has 1 saturated heterocycles. The fourth-order valence-corrected chi connectivity index (χ4v) is 2.39. The Kier molecular flexibility index (Phi) is 5.17. The van der Waals surface area contributed by atoms with Crippen molar-refractivity contribution in [1.29, 1.82) is 0 Å². The van der Waals surface area contributed by atoms with Crippen LogP contribution in [0.3, 0.4) is 0 Å². The number of likely N-dealkylation sites (N-methyl/N-ethyl adjacent to an activating group) is 1. The minimum Gasteiger partial charge on any atom is -0.372 e. The van der Waals surface area contributed by atoms with E-state index in [1.807, 2.05) is 0 Å². The lowest BCUT2D eigenvalue weighted by atomic mass is 10.1. The molecule has 1 aromatic rings. The normalized spacial score (nSPS) is 19.9. The SMILES string of the molecule is CCOC(CN1CCN(C)CC1)c1ccccc1. The summed E-state index contributed by atoms with van der Waals surface area (Å²) in [5, 5.41) is 0. The third kappa shape index (κ3) is 3.80. The van der Waals surface area contributed by atoms with Gasteiger partial charge in [0.25, 0.3) is 0 Å². The van der Waals surface area contributed by atoms with Crippen LogP contribution in [0.1, 0.15) is 18.6 Å². The van der Waals surface area contributed by atoms with Crippen LogP contribution in [0.15, 0.2) is 30.3 Å². The van der Waals surface area contributed by atoms with Gasteiger partial charge in [-0.3, -0.25) is 4.90 Å². The Morgan fingerprint density at radius 3 is 2.39 bits per heavy atom. The van der Waals surface area contributed by atoms with Crippen LogP contribution in [-0.2, 0) is 4.74 Å². The van der Waals surface area contributed by atoms with Crippen molar-refractivity contribution >= 4 is 0 Å². The van der Waals surface area contributed by atoms with Crippen LogP contribution in [0.5, 0.6) is 0 Å². The highest BCUT2D eigenvalue weighted by Crippen LogP contribution is 2.19. The first kappa shape index (κ1) is 13.5. The third-order valence-corrected chi connectivity index (χ3v) is 3.56. The number of benzene rings is 1. The predicted molar refractivity (Wildman–Crippen MR) is 74.7 cm³/mol. The summed E-state index contributed by atoms with van der Waals surface area (Å²) in [6, 6.07) is 10.6. The summed E-state index contributed by atoms with van der Waals surface area (Å²) in [7, 11) is 2.19. The lowest BCUT2D eigenvalue weighted by Gasteiger charge is -2.34. The van der Waals surface area contributed by atoms with E-state index in [9.17, 15) is 0 Å². The van der Waals surface area contributed by atoms with Crippen molar-refractivity contribution in [2.24, 2.45) is 0 Å². The number of hydrogen-bond acceptors (Lipinski definition) is 3. The van der Waals surface area contributed by atoms with Crippen LogP contribution in [-0.4, -0.2) is 56.2 Å². The van der Waals surface area contributed by atoms with E-state index in [1.54, 1.807) is 0 Å². The van der Waals surface area contributed by atoms with Gasteiger partial charge in [0.05, 0.1) is 6.10 Å². The van der Waals surface area contributed by atoms with Gasteiger partial charge in [-0.15, -0.1) is 0 Å². The van der Waals surface area contributed by atoms with Gasteiger partial charge < -0.3 is 9.64 Å². The molecule has 0 radical (unpaired) electrons. The van der Waals surface area contributed by atoms with Crippen LogP contribution >= 0.6 is 0 Å². The summed E-state index contributed by atoms with van der Waals surface area (Å²) in [5.41, 5.74) is 1.29. The molecule has 0 N–H and O–H groups in total. The first-order chi connectivity index (χ1) is 8.79. The first-order valence-electron chi connectivity index (χ1n) is 6.87. The van der Waals surface area contributed by atoms with Crippen molar-refractivity contribution in [1.82, 2.24) is 9.80 Å². The van der Waals surface area contributed by atoms with Crippen LogP contribution in [0.4, 0.5) is 0 Å². The smallest absolute Gasteiger partial charge is 0.0951 e. The molecule has 1 unspecified atom stereocenters. The molecular weight excluding hydrogens is 224 g/mol. The van der Waals surface area contributed by atoms with E-state index in [2.05, 4.69) is 54.1 Å². The molecule has 0 saturated carbocycles. The summed E-state index contributed by atoms with van der Waals surface area (Å²) in [5.74, 6) is 0. The zero-order chi connectivity index (χ0) is 12.8. The molecule has 18 heavy (non-hydrogen) atoms. The highest BCUT2D eigenvalue weighted by Gasteiger charge is 2.19. The third-order valence-electron chi connectivity index (χ3n) is 3.56. The van der Waals surface area contributed by atoms with Crippen LogP contribution in [0, 0.1) is 0 Å². The van der Waals surface area contributed by atoms with Crippen molar-refractivity contribution < 1.29 is 4.74 Å². The Labute approximate surface area is 110 Å². The number of rotatable bonds is 5. The first-order valence-corrected chi connectivity index (χ1v) is 6.87. The molecule has 1 fully saturated rings. The molecular formula is C15H24N2O. The minimum absolute atomic E-state index is 0.208. The molecule has 0 spiro atoms. The summed E-state index contributed by atoms with van der Waals surface area (Å²) in [6.45, 7) is 8.46. The molecule has 1 heterocycles. The molecule has 0 aromatic heterocycles. The summed E-state index contributed by atoms with van der Waals surface area (Å²) in [4.78, 5) is 4.89. The quantitative estimate of drug-likeness (QED) is 0.793. The molecule has 1 aliphatic heterocycles. The Hall–Kier alpha value is -0.900. The van der Waals surface area contributed by atoms with Gasteiger partial charge in [0, 0.05) is 39.3 Å². The molecule has 0 bridgehead atoms. The van der Waals surface area contributed by atoms with E-state index in [4.69, 9.17) is 4.74 Å². The van der Waals surface area contributed by atoms with E-state index in [0.717, 1.165) is 39.3 Å². The summed E-state index contributed by atoms with van der Waals surface area (Å²) < 4.78 is 5.90. The van der Waals surface area contributed by atoms with E-state index in [-0.39, 0.29) is 6.10 Å². The summed E-state index contributed by atoms with van der Waals surface area (Å²) in [6.07, 6.45) is 0.208. The summed E-state index contributed by atoms with van der Waals surface area (Å²) >= 11 is 0. The van der Waals surface area contributed by atoms with Gasteiger partial charge in [0.1, 0.15) is 0 Å². The zero-order valence-electron chi connectivity index (χ0n) is 11.5. The highest BCUT2D eigenvalue weighted by molar-refractivity contribution is 5.18. The fourth-order valence-electron chi connectivity index (χ4n) is 2.39. The molecule has 2 rings (SSSR count). The van der Waals surface area contributed by atoms with Gasteiger partial charge in [-0.25, -0.2) is 0 Å². The van der Waals surface area contributed by atoms with Crippen LogP contribution < -0.4 is 0 Å². The Morgan fingerprint density at radius 2 is 1.78 bits per heavy atom. The second-order valence-corrected chi connectivity index (χ2v) is 4.96. The van der Waals surface area contributed by atoms with Gasteiger partial charge in [-0.05, 0) is 19.5 Å². The average Bonchev–Trinajstić information content (AvgIpc) is 2.42. The Balaban J connectivity index is 1.94. The molecule has 1 aliphatic rings. The number of nitrogens with zero attached hydrogens (tertiary/aromatic N) is 2. The largest absolute Gasteiger partial charge is 0.372 e. The van der Waals surface area contributed by atoms with E-state index in [1.165, 1.54) is 5.56 Å². The number of hydrogen-bond donors (Lipinski definition) is 0. The highest BCUT2D eigenvalue weighted by atomic mass is 16.5. The van der Waals surface area contributed by atoms with Crippen molar-refractivity contribution in [3.8, 4) is 0 Å². The molecule has 1 atom stereocenters. The lowest BCUT2D eigenvalue weighted by molar-refractivity contribution is 0.0209. The number of piperazine rings is 1. The fraction of sp³-hybridized carbons (Fsp3) is 0.600. The maximum absolute atomic E-state index is 5.90. The Morgan fingerprint density at radius 1 is 1.11 bits per heavy atom. The standard InChI is InChI=1S/C15H24N2O/c1-3-18-15(14-7-5-4-6-8-14)13-17-11-9-16(2)10-12-17/h4-8,15H,3,9-13H2,1-2H3. The van der Waals surface area contributed by atoms with Crippen LogP contribution in [0.25, 0.3) is 0 Å². The second kappa shape index (κ2) is 6.88. The molecule has 0 aliphatic carbocycles. The molecule has 3 heteroatoms. The van der Waals surface area contributed by atoms with Crippen molar-refractivity contribution in [2.45, 2.75) is 13.0 Å². The van der Waals surface area contributed by atoms with Gasteiger partial charge >= 0.3 is 0 Å². The van der Waals surface area contributed by atoms with Gasteiger partial charge in [-0.2, -0.15) is 0 Å². The topological polar surface area (TPSA) is 15.7 Å². The molecule has 0 amide bonds. The van der Waals surface area contributed by atoms with E-state index in [0.29, 0.717) is 0 Å². The lowest BCUT2D eigenvalue weighted by Crippen LogP contribution is -2.46.